The second-order valence-corrected chi connectivity index (χ2v) is 4.52. The van der Waals surface area contributed by atoms with Gasteiger partial charge in [0.15, 0.2) is 0 Å². The Hall–Kier alpha value is -0.120. The Kier molecular flexibility index (Phi) is 6.33. The fourth-order valence-electron chi connectivity index (χ4n) is 1.58. The van der Waals surface area contributed by atoms with Crippen LogP contribution in [0, 0.1) is 0 Å². The van der Waals surface area contributed by atoms with Gasteiger partial charge in [-0.1, -0.05) is 6.92 Å². The molecule has 2 atom stereocenters. The zero-order chi connectivity index (χ0) is 11.2. The number of hydrogen-bond acceptors (Lipinski definition) is 3. The van der Waals surface area contributed by atoms with Crippen LogP contribution in [-0.4, -0.2) is 36.5 Å². The third-order valence-electron chi connectivity index (χ3n) is 2.58. The summed E-state index contributed by atoms with van der Waals surface area (Å²) >= 11 is 0. The Bertz CT molecular complexity index is 144. The van der Waals surface area contributed by atoms with Crippen molar-refractivity contribution in [2.75, 3.05) is 13.7 Å². The number of aliphatic hydroxyl groups is 1. The van der Waals surface area contributed by atoms with E-state index in [4.69, 9.17) is 9.84 Å². The maximum absolute atomic E-state index is 9.04. The molecule has 2 N–H and O–H groups in total. The number of aliphatic hydroxyl groups excluding tert-OH is 1. The van der Waals surface area contributed by atoms with Gasteiger partial charge in [0, 0.05) is 19.2 Å². The Labute approximate surface area is 87.8 Å². The van der Waals surface area contributed by atoms with Gasteiger partial charge in [-0.2, -0.15) is 0 Å². The van der Waals surface area contributed by atoms with Crippen molar-refractivity contribution < 1.29 is 9.84 Å². The Morgan fingerprint density at radius 3 is 2.36 bits per heavy atom. The lowest BCUT2D eigenvalue weighted by atomic mass is 9.99. The summed E-state index contributed by atoms with van der Waals surface area (Å²) < 4.78 is 5.35. The van der Waals surface area contributed by atoms with Gasteiger partial charge in [0.2, 0.25) is 0 Å². The Morgan fingerprint density at radius 1 is 1.43 bits per heavy atom. The summed E-state index contributed by atoms with van der Waals surface area (Å²) in [5.41, 5.74) is -0.0971. The van der Waals surface area contributed by atoms with Gasteiger partial charge in [0.05, 0.1) is 12.2 Å². The summed E-state index contributed by atoms with van der Waals surface area (Å²) in [6.45, 7) is 8.55. The van der Waals surface area contributed by atoms with Crippen LogP contribution in [0.2, 0.25) is 0 Å². The first-order chi connectivity index (χ1) is 6.45. The Balaban J connectivity index is 3.90. The molecule has 0 aromatic heterocycles. The zero-order valence-electron chi connectivity index (χ0n) is 10.1. The molecule has 14 heavy (non-hydrogen) atoms. The van der Waals surface area contributed by atoms with Crippen molar-refractivity contribution in [1.82, 2.24) is 5.32 Å². The summed E-state index contributed by atoms with van der Waals surface area (Å²) in [6, 6.07) is 0.569. The van der Waals surface area contributed by atoms with Crippen LogP contribution in [-0.2, 0) is 4.74 Å². The molecule has 0 heterocycles. The van der Waals surface area contributed by atoms with Gasteiger partial charge in [-0.25, -0.2) is 0 Å². The minimum Gasteiger partial charge on any atom is -0.395 e. The first-order valence-corrected chi connectivity index (χ1v) is 5.37. The van der Waals surface area contributed by atoms with Gasteiger partial charge < -0.3 is 15.2 Å². The Morgan fingerprint density at radius 2 is 2.00 bits per heavy atom. The summed E-state index contributed by atoms with van der Waals surface area (Å²) in [4.78, 5) is 0. The van der Waals surface area contributed by atoms with Gasteiger partial charge in [-0.3, -0.25) is 0 Å². The summed E-state index contributed by atoms with van der Waals surface area (Å²) in [5.74, 6) is 0. The molecule has 0 radical (unpaired) electrons. The summed E-state index contributed by atoms with van der Waals surface area (Å²) in [6.07, 6.45) is 1.90. The maximum atomic E-state index is 9.04. The number of nitrogens with one attached hydrogen (secondary N) is 1. The average molecular weight is 203 g/mol. The molecule has 0 bridgehead atoms. The lowest BCUT2D eigenvalue weighted by molar-refractivity contribution is 0.00695. The third-order valence-corrected chi connectivity index (χ3v) is 2.58. The highest BCUT2D eigenvalue weighted by atomic mass is 16.5. The number of hydrogen-bond donors (Lipinski definition) is 2. The molecule has 0 unspecified atom stereocenters. The SMILES string of the molecule is CC[C@H](CO)N[C@H](C)CC(C)(C)OC. The average Bonchev–Trinajstić information content (AvgIpc) is 2.13. The van der Waals surface area contributed by atoms with E-state index in [1.54, 1.807) is 7.11 Å². The van der Waals surface area contributed by atoms with Crippen LogP contribution >= 0.6 is 0 Å². The van der Waals surface area contributed by atoms with Crippen molar-refractivity contribution in [2.24, 2.45) is 0 Å². The van der Waals surface area contributed by atoms with Crippen LogP contribution in [0.25, 0.3) is 0 Å². The molecule has 0 aliphatic carbocycles. The fraction of sp³-hybridized carbons (Fsp3) is 1.00. The monoisotopic (exact) mass is 203 g/mol. The van der Waals surface area contributed by atoms with Crippen LogP contribution in [0.5, 0.6) is 0 Å². The molecular weight excluding hydrogens is 178 g/mol. The first-order valence-electron chi connectivity index (χ1n) is 5.37. The smallest absolute Gasteiger partial charge is 0.0637 e. The molecule has 0 saturated heterocycles. The number of methoxy groups -OCH3 is 1. The fourth-order valence-corrected chi connectivity index (χ4v) is 1.58. The highest BCUT2D eigenvalue weighted by Gasteiger charge is 2.21. The summed E-state index contributed by atoms with van der Waals surface area (Å²) in [5, 5.41) is 12.4. The van der Waals surface area contributed by atoms with Gasteiger partial charge in [-0.15, -0.1) is 0 Å². The largest absolute Gasteiger partial charge is 0.395 e. The second-order valence-electron chi connectivity index (χ2n) is 4.52. The van der Waals surface area contributed by atoms with Gasteiger partial charge in [0.25, 0.3) is 0 Å². The van der Waals surface area contributed by atoms with Crippen molar-refractivity contribution in [3.63, 3.8) is 0 Å². The predicted molar refractivity (Wildman–Crippen MR) is 59.5 cm³/mol. The molecule has 0 spiro atoms. The van der Waals surface area contributed by atoms with Crippen molar-refractivity contribution in [3.05, 3.63) is 0 Å². The highest BCUT2D eigenvalue weighted by Crippen LogP contribution is 2.15. The lowest BCUT2D eigenvalue weighted by Gasteiger charge is -2.29. The second kappa shape index (κ2) is 6.38. The quantitative estimate of drug-likeness (QED) is 0.659. The minimum absolute atomic E-state index is 0.0971. The van der Waals surface area contributed by atoms with E-state index in [2.05, 4.69) is 33.0 Å². The lowest BCUT2D eigenvalue weighted by Crippen LogP contribution is -2.42. The molecule has 0 aromatic carbocycles. The molecule has 0 amide bonds. The highest BCUT2D eigenvalue weighted by molar-refractivity contribution is 4.77. The van der Waals surface area contributed by atoms with E-state index in [1.807, 2.05) is 0 Å². The number of ether oxygens (including phenoxy) is 1. The zero-order valence-corrected chi connectivity index (χ0v) is 10.1. The van der Waals surface area contributed by atoms with Gasteiger partial charge in [-0.05, 0) is 33.6 Å². The normalized spacial score (nSPS) is 16.7. The molecule has 0 aliphatic heterocycles. The van der Waals surface area contributed by atoms with E-state index in [0.717, 1.165) is 12.8 Å². The van der Waals surface area contributed by atoms with Crippen molar-refractivity contribution in [2.45, 2.75) is 58.2 Å². The molecule has 86 valence electrons. The molecule has 0 rings (SSSR count). The van der Waals surface area contributed by atoms with E-state index in [-0.39, 0.29) is 18.2 Å². The van der Waals surface area contributed by atoms with Crippen LogP contribution in [0.1, 0.15) is 40.5 Å². The van der Waals surface area contributed by atoms with Crippen molar-refractivity contribution in [1.29, 1.82) is 0 Å². The van der Waals surface area contributed by atoms with Crippen LogP contribution in [0.3, 0.4) is 0 Å². The molecule has 0 aromatic rings. The summed E-state index contributed by atoms with van der Waals surface area (Å²) in [7, 11) is 1.73. The van der Waals surface area contributed by atoms with Crippen molar-refractivity contribution >= 4 is 0 Å². The van der Waals surface area contributed by atoms with Crippen LogP contribution in [0.15, 0.2) is 0 Å². The predicted octanol–water partition coefficient (Wildman–Crippen LogP) is 1.55. The first kappa shape index (κ1) is 13.9. The third kappa shape index (κ3) is 5.58. The molecule has 0 fully saturated rings. The standard InChI is InChI=1S/C11H25NO2/c1-6-10(8-13)12-9(2)7-11(3,4)14-5/h9-10,12-13H,6-8H2,1-5H3/t9-,10-/m1/s1. The van der Waals surface area contributed by atoms with E-state index in [9.17, 15) is 0 Å². The minimum atomic E-state index is -0.0971. The molecular formula is C11H25NO2. The van der Waals surface area contributed by atoms with Crippen LogP contribution in [0.4, 0.5) is 0 Å². The maximum Gasteiger partial charge on any atom is 0.0637 e. The number of rotatable bonds is 7. The van der Waals surface area contributed by atoms with E-state index >= 15 is 0 Å². The van der Waals surface area contributed by atoms with Gasteiger partial charge in [0.1, 0.15) is 0 Å². The van der Waals surface area contributed by atoms with Crippen LogP contribution < -0.4 is 5.32 Å². The topological polar surface area (TPSA) is 41.5 Å². The van der Waals surface area contributed by atoms with Gasteiger partial charge >= 0.3 is 0 Å². The van der Waals surface area contributed by atoms with Crippen molar-refractivity contribution in [3.8, 4) is 0 Å². The van der Waals surface area contributed by atoms with E-state index < -0.39 is 0 Å². The van der Waals surface area contributed by atoms with E-state index in [0.29, 0.717) is 6.04 Å². The molecule has 3 nitrogen and oxygen atoms in total. The van der Waals surface area contributed by atoms with E-state index in [1.165, 1.54) is 0 Å². The molecule has 3 heteroatoms. The molecule has 0 saturated carbocycles. The molecule has 0 aliphatic rings.